The fourth-order valence-electron chi connectivity index (χ4n) is 1.91. The van der Waals surface area contributed by atoms with Gasteiger partial charge in [0.1, 0.15) is 18.2 Å². The van der Waals surface area contributed by atoms with Crippen molar-refractivity contribution >= 4 is 11.7 Å². The van der Waals surface area contributed by atoms with Gasteiger partial charge < -0.3 is 14.7 Å². The van der Waals surface area contributed by atoms with E-state index in [4.69, 9.17) is 15.1 Å². The largest absolute Gasteiger partial charge is 0.489 e. The second-order valence-electron chi connectivity index (χ2n) is 3.81. The number of ether oxygens (including phenoxy) is 1. The van der Waals surface area contributed by atoms with Gasteiger partial charge in [-0.05, 0) is 19.1 Å². The minimum Gasteiger partial charge on any atom is -0.489 e. The molecule has 2 rings (SSSR count). The lowest BCUT2D eigenvalue weighted by Gasteiger charge is -2.33. The zero-order valence-electron chi connectivity index (χ0n) is 9.38. The van der Waals surface area contributed by atoms with E-state index in [-0.39, 0.29) is 11.6 Å². The van der Waals surface area contributed by atoms with Gasteiger partial charge in [-0.25, -0.2) is 4.79 Å². The van der Waals surface area contributed by atoms with Gasteiger partial charge in [0.2, 0.25) is 0 Å². The number of para-hydroxylation sites is 1. The molecule has 0 saturated heterocycles. The van der Waals surface area contributed by atoms with Crippen molar-refractivity contribution in [1.82, 2.24) is 0 Å². The number of fused-ring (bicyclic) bond motifs is 1. The molecular weight excluding hydrogens is 220 g/mol. The van der Waals surface area contributed by atoms with E-state index in [9.17, 15) is 4.79 Å². The van der Waals surface area contributed by atoms with Crippen LogP contribution in [0.15, 0.2) is 18.2 Å². The summed E-state index contributed by atoms with van der Waals surface area (Å²) in [6.07, 6.45) is 0. The van der Waals surface area contributed by atoms with Gasteiger partial charge in [0.15, 0.2) is 5.75 Å². The Kier molecular flexibility index (Phi) is 2.88. The summed E-state index contributed by atoms with van der Waals surface area (Å²) in [7, 11) is 0. The third-order valence-electron chi connectivity index (χ3n) is 2.77. The molecule has 0 fully saturated rings. The monoisotopic (exact) mass is 232 g/mol. The van der Waals surface area contributed by atoms with Crippen LogP contribution < -0.4 is 9.64 Å². The predicted octanol–water partition coefficient (Wildman–Crippen LogP) is 1.50. The minimum atomic E-state index is -1.02. The average molecular weight is 232 g/mol. The van der Waals surface area contributed by atoms with E-state index in [0.29, 0.717) is 24.6 Å². The van der Waals surface area contributed by atoms with E-state index in [1.165, 1.54) is 6.07 Å². The molecular formula is C12H12N2O3. The van der Waals surface area contributed by atoms with E-state index in [2.05, 4.69) is 6.07 Å². The molecule has 1 heterocycles. The number of hydrogen-bond acceptors (Lipinski definition) is 4. The van der Waals surface area contributed by atoms with Gasteiger partial charge in [0.25, 0.3) is 0 Å². The molecule has 0 radical (unpaired) electrons. The molecule has 1 aromatic rings. The first-order valence-electron chi connectivity index (χ1n) is 5.30. The standard InChI is InChI=1S/C12H12N2O3/c1-8(7-13)14-5-6-17-11-9(12(15)16)3-2-4-10(11)14/h2-4,8H,5-6H2,1H3,(H,15,16). The Morgan fingerprint density at radius 1 is 1.65 bits per heavy atom. The van der Waals surface area contributed by atoms with Crippen LogP contribution in [0.25, 0.3) is 0 Å². The van der Waals surface area contributed by atoms with Crippen molar-refractivity contribution in [2.45, 2.75) is 13.0 Å². The highest BCUT2D eigenvalue weighted by atomic mass is 16.5. The Morgan fingerprint density at radius 2 is 2.41 bits per heavy atom. The average Bonchev–Trinajstić information content (AvgIpc) is 2.36. The summed E-state index contributed by atoms with van der Waals surface area (Å²) in [5, 5.41) is 18.0. The van der Waals surface area contributed by atoms with E-state index in [0.717, 1.165) is 0 Å². The van der Waals surface area contributed by atoms with Crippen LogP contribution in [0.1, 0.15) is 17.3 Å². The van der Waals surface area contributed by atoms with Gasteiger partial charge in [-0.1, -0.05) is 6.07 Å². The second kappa shape index (κ2) is 4.34. The van der Waals surface area contributed by atoms with Gasteiger partial charge in [-0.15, -0.1) is 0 Å². The van der Waals surface area contributed by atoms with Gasteiger partial charge in [-0.2, -0.15) is 5.26 Å². The highest BCUT2D eigenvalue weighted by Crippen LogP contribution is 2.35. The molecule has 0 spiro atoms. The number of benzene rings is 1. The highest BCUT2D eigenvalue weighted by molar-refractivity contribution is 5.93. The van der Waals surface area contributed by atoms with E-state index < -0.39 is 5.97 Å². The predicted molar refractivity (Wildman–Crippen MR) is 61.3 cm³/mol. The van der Waals surface area contributed by atoms with Crippen molar-refractivity contribution in [3.8, 4) is 11.8 Å². The fraction of sp³-hybridized carbons (Fsp3) is 0.333. The molecule has 1 N–H and O–H groups in total. The molecule has 1 aliphatic heterocycles. The number of aromatic carboxylic acids is 1. The van der Waals surface area contributed by atoms with Crippen LogP contribution in [0, 0.1) is 11.3 Å². The molecule has 0 saturated carbocycles. The summed E-state index contributed by atoms with van der Waals surface area (Å²) in [5.41, 5.74) is 0.808. The Hall–Kier alpha value is -2.22. The van der Waals surface area contributed by atoms with Crippen LogP contribution in [0.4, 0.5) is 5.69 Å². The number of hydrogen-bond donors (Lipinski definition) is 1. The summed E-state index contributed by atoms with van der Waals surface area (Å²) in [6, 6.07) is 6.78. The maximum Gasteiger partial charge on any atom is 0.339 e. The molecule has 1 unspecified atom stereocenters. The molecule has 17 heavy (non-hydrogen) atoms. The normalized spacial score (nSPS) is 15.4. The smallest absolute Gasteiger partial charge is 0.339 e. The first kappa shape index (κ1) is 11.3. The van der Waals surface area contributed by atoms with Crippen molar-refractivity contribution in [3.05, 3.63) is 23.8 Å². The first-order chi connectivity index (χ1) is 8.15. The number of anilines is 1. The summed E-state index contributed by atoms with van der Waals surface area (Å²) in [4.78, 5) is 12.9. The van der Waals surface area contributed by atoms with Gasteiger partial charge >= 0.3 is 5.97 Å². The zero-order chi connectivity index (χ0) is 12.4. The summed E-state index contributed by atoms with van der Waals surface area (Å²) in [5.74, 6) is -0.665. The number of carbonyl (C=O) groups is 1. The van der Waals surface area contributed by atoms with Crippen molar-refractivity contribution in [1.29, 1.82) is 5.26 Å². The first-order valence-corrected chi connectivity index (χ1v) is 5.30. The summed E-state index contributed by atoms with van der Waals surface area (Å²) in [6.45, 7) is 2.76. The molecule has 0 bridgehead atoms. The van der Waals surface area contributed by atoms with E-state index in [1.54, 1.807) is 19.1 Å². The van der Waals surface area contributed by atoms with Crippen LogP contribution in [0.5, 0.6) is 5.75 Å². The highest BCUT2D eigenvalue weighted by Gasteiger charge is 2.26. The summed E-state index contributed by atoms with van der Waals surface area (Å²) < 4.78 is 5.41. The lowest BCUT2D eigenvalue weighted by atomic mass is 10.1. The maximum absolute atomic E-state index is 11.1. The molecule has 1 aliphatic rings. The Balaban J connectivity index is 2.50. The molecule has 0 aliphatic carbocycles. The second-order valence-corrected chi connectivity index (χ2v) is 3.81. The van der Waals surface area contributed by atoms with Gasteiger partial charge in [0.05, 0.1) is 18.3 Å². The van der Waals surface area contributed by atoms with Crippen molar-refractivity contribution in [2.75, 3.05) is 18.1 Å². The zero-order valence-corrected chi connectivity index (χ0v) is 9.38. The Morgan fingerprint density at radius 3 is 3.06 bits per heavy atom. The number of carboxylic acid groups (broad SMARTS) is 1. The number of carboxylic acids is 1. The van der Waals surface area contributed by atoms with Crippen LogP contribution in [-0.4, -0.2) is 30.3 Å². The van der Waals surface area contributed by atoms with Crippen LogP contribution in [0.3, 0.4) is 0 Å². The van der Waals surface area contributed by atoms with Gasteiger partial charge in [-0.3, -0.25) is 0 Å². The molecule has 1 atom stereocenters. The molecule has 88 valence electrons. The third kappa shape index (κ3) is 1.89. The third-order valence-corrected chi connectivity index (χ3v) is 2.77. The SMILES string of the molecule is CC(C#N)N1CCOc2c(C(=O)O)cccc21. The number of nitrogens with zero attached hydrogens (tertiary/aromatic N) is 2. The van der Waals surface area contributed by atoms with Gasteiger partial charge in [0, 0.05) is 0 Å². The van der Waals surface area contributed by atoms with Crippen LogP contribution in [0.2, 0.25) is 0 Å². The molecule has 0 aromatic heterocycles. The Labute approximate surface area is 98.8 Å². The van der Waals surface area contributed by atoms with E-state index in [1.807, 2.05) is 4.90 Å². The Bertz CT molecular complexity index is 493. The number of rotatable bonds is 2. The molecule has 1 aromatic carbocycles. The lowest BCUT2D eigenvalue weighted by molar-refractivity contribution is 0.0692. The maximum atomic E-state index is 11.1. The topological polar surface area (TPSA) is 73.6 Å². The van der Waals surface area contributed by atoms with Crippen LogP contribution >= 0.6 is 0 Å². The van der Waals surface area contributed by atoms with E-state index >= 15 is 0 Å². The molecule has 5 heteroatoms. The fourth-order valence-corrected chi connectivity index (χ4v) is 1.91. The van der Waals surface area contributed by atoms with Crippen molar-refractivity contribution < 1.29 is 14.6 Å². The quantitative estimate of drug-likeness (QED) is 0.836. The van der Waals surface area contributed by atoms with Crippen LogP contribution in [-0.2, 0) is 0 Å². The summed E-state index contributed by atoms with van der Waals surface area (Å²) >= 11 is 0. The molecule has 0 amide bonds. The minimum absolute atomic E-state index is 0.136. The molecule has 5 nitrogen and oxygen atoms in total. The number of nitriles is 1. The lowest BCUT2D eigenvalue weighted by Crippen LogP contribution is -2.39. The van der Waals surface area contributed by atoms with Crippen molar-refractivity contribution in [3.63, 3.8) is 0 Å². The van der Waals surface area contributed by atoms with Crippen molar-refractivity contribution in [2.24, 2.45) is 0 Å².